The molecule has 3 heterocycles. The van der Waals surface area contributed by atoms with Crippen molar-refractivity contribution < 1.29 is 9.18 Å². The minimum atomic E-state index is -0.695. The van der Waals surface area contributed by atoms with Gasteiger partial charge in [0.25, 0.3) is 5.91 Å². The fourth-order valence-corrected chi connectivity index (χ4v) is 5.43. The Morgan fingerprint density at radius 2 is 2.19 bits per heavy atom. The first-order valence-electron chi connectivity index (χ1n) is 10.4. The molecule has 1 saturated carbocycles. The zero-order valence-electron chi connectivity index (χ0n) is 17.8. The normalized spacial score (nSPS) is 21.6. The van der Waals surface area contributed by atoms with Crippen LogP contribution in [0.5, 0.6) is 0 Å². The summed E-state index contributed by atoms with van der Waals surface area (Å²) in [5, 5.41) is 8.12. The van der Waals surface area contributed by atoms with Crippen LogP contribution in [0.3, 0.4) is 0 Å². The molecule has 2 aromatic heterocycles. The van der Waals surface area contributed by atoms with E-state index in [2.05, 4.69) is 20.4 Å². The van der Waals surface area contributed by atoms with E-state index in [1.165, 1.54) is 17.3 Å². The van der Waals surface area contributed by atoms with E-state index in [4.69, 9.17) is 17.3 Å². The maximum Gasteiger partial charge on any atom is 0.258 e. The van der Waals surface area contributed by atoms with Crippen LogP contribution in [0.1, 0.15) is 41.2 Å². The van der Waals surface area contributed by atoms with Crippen LogP contribution in [-0.2, 0) is 5.41 Å². The van der Waals surface area contributed by atoms with Gasteiger partial charge in [-0.05, 0) is 31.4 Å². The number of halogens is 2. The van der Waals surface area contributed by atoms with Gasteiger partial charge in [-0.2, -0.15) is 5.10 Å². The van der Waals surface area contributed by atoms with Crippen LogP contribution in [-0.4, -0.2) is 51.2 Å². The molecule has 3 aromatic rings. The molecule has 0 bridgehead atoms. The molecule has 8 nitrogen and oxygen atoms in total. The number of carbonyl (C=O) groups excluding carboxylic acids is 1. The number of fused-ring (bicyclic) bond motifs is 2. The SMILES string of the molecule is CN(C)C(=O)c1c(N)ccc(-c2cnc3c(c2Cl)[C@@]2(CC[C@H](n4cncn4)C2)CN3)c1F. The first kappa shape index (κ1) is 20.7. The average molecular weight is 456 g/mol. The number of carbonyl (C=O) groups is 1. The Hall–Kier alpha value is -3.20. The average Bonchev–Trinajstić information content (AvgIpc) is 3.50. The summed E-state index contributed by atoms with van der Waals surface area (Å²) in [6.07, 6.45) is 7.48. The number of aromatic nitrogens is 4. The smallest absolute Gasteiger partial charge is 0.258 e. The van der Waals surface area contributed by atoms with Gasteiger partial charge in [-0.15, -0.1) is 0 Å². The molecule has 0 unspecified atom stereocenters. The van der Waals surface area contributed by atoms with E-state index < -0.39 is 11.7 Å². The Bertz CT molecular complexity index is 1210. The molecule has 1 aliphatic carbocycles. The minimum Gasteiger partial charge on any atom is -0.398 e. The monoisotopic (exact) mass is 455 g/mol. The van der Waals surface area contributed by atoms with Crippen molar-refractivity contribution in [1.29, 1.82) is 0 Å². The summed E-state index contributed by atoms with van der Waals surface area (Å²) in [7, 11) is 3.11. The second kappa shape index (κ2) is 7.44. The molecule has 0 saturated heterocycles. The van der Waals surface area contributed by atoms with Gasteiger partial charge in [0.05, 0.1) is 16.6 Å². The number of nitrogens with one attached hydrogen (secondary N) is 1. The fourth-order valence-electron chi connectivity index (χ4n) is 4.99. The van der Waals surface area contributed by atoms with Gasteiger partial charge >= 0.3 is 0 Å². The van der Waals surface area contributed by atoms with E-state index in [-0.39, 0.29) is 28.3 Å². The third-order valence-corrected chi connectivity index (χ3v) is 7.01. The molecule has 5 rings (SSSR count). The van der Waals surface area contributed by atoms with Crippen LogP contribution in [0.4, 0.5) is 15.9 Å². The number of nitrogen functional groups attached to an aromatic ring is 1. The summed E-state index contributed by atoms with van der Waals surface area (Å²) in [6.45, 7) is 0.707. The van der Waals surface area contributed by atoms with Crippen molar-refractivity contribution in [3.63, 3.8) is 0 Å². The lowest BCUT2D eigenvalue weighted by atomic mass is 9.80. The zero-order valence-corrected chi connectivity index (χ0v) is 18.5. The van der Waals surface area contributed by atoms with Crippen LogP contribution in [0.2, 0.25) is 5.02 Å². The van der Waals surface area contributed by atoms with E-state index in [9.17, 15) is 4.79 Å². The predicted octanol–water partition coefficient (Wildman–Crippen LogP) is 3.51. The van der Waals surface area contributed by atoms with Crippen molar-refractivity contribution in [2.75, 3.05) is 31.7 Å². The van der Waals surface area contributed by atoms with Gasteiger partial charge in [0.15, 0.2) is 0 Å². The van der Waals surface area contributed by atoms with Crippen LogP contribution in [0.15, 0.2) is 31.0 Å². The number of benzene rings is 1. The summed E-state index contributed by atoms with van der Waals surface area (Å²) in [5.41, 5.74) is 7.18. The Morgan fingerprint density at radius 3 is 2.91 bits per heavy atom. The molecular formula is C22H23ClFN7O. The topological polar surface area (TPSA) is 102 Å². The van der Waals surface area contributed by atoms with Gasteiger partial charge < -0.3 is 16.0 Å². The van der Waals surface area contributed by atoms with E-state index in [1.54, 1.807) is 32.7 Å². The number of amides is 1. The number of nitrogens with zero attached hydrogens (tertiary/aromatic N) is 5. The van der Waals surface area contributed by atoms with Gasteiger partial charge in [-0.1, -0.05) is 11.6 Å². The maximum absolute atomic E-state index is 15.5. The Labute approximate surface area is 189 Å². The second-order valence-corrected chi connectivity index (χ2v) is 9.08. The first-order chi connectivity index (χ1) is 15.3. The van der Waals surface area contributed by atoms with Crippen molar-refractivity contribution in [2.45, 2.75) is 30.7 Å². The number of pyridine rings is 1. The highest BCUT2D eigenvalue weighted by molar-refractivity contribution is 6.34. The molecular weight excluding hydrogens is 433 g/mol. The fraction of sp³-hybridized carbons (Fsp3) is 0.364. The molecule has 1 aromatic carbocycles. The summed E-state index contributed by atoms with van der Waals surface area (Å²) in [5.74, 6) is -0.477. The number of nitrogens with two attached hydrogens (primary N) is 1. The van der Waals surface area contributed by atoms with Crippen LogP contribution in [0.25, 0.3) is 11.1 Å². The van der Waals surface area contributed by atoms with Crippen LogP contribution >= 0.6 is 11.6 Å². The molecule has 3 N–H and O–H groups in total. The van der Waals surface area contributed by atoms with Gasteiger partial charge in [0, 0.05) is 54.6 Å². The number of anilines is 2. The van der Waals surface area contributed by atoms with Crippen molar-refractivity contribution in [3.05, 3.63) is 53.0 Å². The van der Waals surface area contributed by atoms with Crippen molar-refractivity contribution >= 4 is 29.0 Å². The summed E-state index contributed by atoms with van der Waals surface area (Å²) >= 11 is 6.93. The quantitative estimate of drug-likeness (QED) is 0.586. The lowest BCUT2D eigenvalue weighted by molar-refractivity contribution is 0.0824. The van der Waals surface area contributed by atoms with E-state index in [0.717, 1.165) is 30.6 Å². The molecule has 1 fully saturated rings. The third kappa shape index (κ3) is 3.02. The largest absolute Gasteiger partial charge is 0.398 e. The maximum atomic E-state index is 15.5. The Morgan fingerprint density at radius 1 is 1.38 bits per heavy atom. The van der Waals surface area contributed by atoms with Gasteiger partial charge in [-0.25, -0.2) is 19.0 Å². The lowest BCUT2D eigenvalue weighted by Gasteiger charge is -2.25. The number of rotatable bonds is 3. The highest BCUT2D eigenvalue weighted by Gasteiger charge is 2.48. The summed E-state index contributed by atoms with van der Waals surface area (Å²) < 4.78 is 17.4. The zero-order chi connectivity index (χ0) is 22.6. The number of hydrogen-bond acceptors (Lipinski definition) is 6. The first-order valence-corrected chi connectivity index (χ1v) is 10.8. The third-order valence-electron chi connectivity index (χ3n) is 6.62. The van der Waals surface area contributed by atoms with Crippen molar-refractivity contribution in [1.82, 2.24) is 24.6 Å². The van der Waals surface area contributed by atoms with Crippen molar-refractivity contribution in [2.24, 2.45) is 0 Å². The van der Waals surface area contributed by atoms with Crippen LogP contribution < -0.4 is 11.1 Å². The number of hydrogen-bond donors (Lipinski definition) is 2. The highest BCUT2D eigenvalue weighted by atomic mass is 35.5. The highest BCUT2D eigenvalue weighted by Crippen LogP contribution is 2.54. The van der Waals surface area contributed by atoms with Gasteiger partial charge in [0.2, 0.25) is 0 Å². The molecule has 1 spiro atoms. The molecule has 1 aliphatic heterocycles. The van der Waals surface area contributed by atoms with Crippen molar-refractivity contribution in [3.8, 4) is 11.1 Å². The van der Waals surface area contributed by atoms with Gasteiger partial charge in [0.1, 0.15) is 24.3 Å². The second-order valence-electron chi connectivity index (χ2n) is 8.71. The van der Waals surface area contributed by atoms with E-state index in [0.29, 0.717) is 17.1 Å². The van der Waals surface area contributed by atoms with E-state index in [1.807, 2.05) is 4.68 Å². The lowest BCUT2D eigenvalue weighted by Crippen LogP contribution is -2.26. The molecule has 0 radical (unpaired) electrons. The molecule has 32 heavy (non-hydrogen) atoms. The molecule has 10 heteroatoms. The molecule has 166 valence electrons. The van der Waals surface area contributed by atoms with Crippen LogP contribution in [0, 0.1) is 5.82 Å². The molecule has 1 amide bonds. The predicted molar refractivity (Wildman–Crippen MR) is 120 cm³/mol. The van der Waals surface area contributed by atoms with Gasteiger partial charge in [-0.3, -0.25) is 4.79 Å². The molecule has 2 aliphatic rings. The Kier molecular flexibility index (Phi) is 4.81. The minimum absolute atomic E-state index is 0.0831. The summed E-state index contributed by atoms with van der Waals surface area (Å²) in [4.78, 5) is 22.4. The molecule has 2 atom stereocenters. The standard InChI is InChI=1S/C22H23ClFN7O/c1-30(2)21(32)16-15(25)4-3-13(19(16)24)14-8-27-20-17(18(14)23)22(9-28-20)6-5-12(7-22)31-11-26-10-29-31/h3-4,8,10-12H,5-7,9,25H2,1-2H3,(H,27,28)/t12-,22+/m0/s1. The van der Waals surface area contributed by atoms with E-state index >= 15 is 4.39 Å². The Balaban J connectivity index is 1.60. The summed E-state index contributed by atoms with van der Waals surface area (Å²) in [6, 6.07) is 3.29.